The molecule has 56 nitrogen and oxygen atoms in total. The number of rotatable bonds is 32. The first-order chi connectivity index (χ1) is 54.5. The molecule has 13 rings (SSSR count). The number of nitrogens with two attached hydrogens (primary N) is 5. The zero-order chi connectivity index (χ0) is 84.0. The lowest BCUT2D eigenvalue weighted by Crippen LogP contribution is -2.47. The Morgan fingerprint density at radius 1 is 0.578 bits per heavy atom. The molecule has 0 bridgehead atoms. The Kier molecular flexibility index (Phi) is 24.0. The number of nitrogen functional groups attached to an aromatic ring is 5. The number of phosphoric ester groups is 4. The Balaban J connectivity index is 0.709. The highest BCUT2D eigenvalue weighted by atomic mass is 31.3. The van der Waals surface area contributed by atoms with Crippen molar-refractivity contribution in [2.45, 2.75) is 125 Å². The van der Waals surface area contributed by atoms with E-state index in [4.69, 9.17) is 93.7 Å². The van der Waals surface area contributed by atoms with Gasteiger partial charge < -0.3 is 106 Å². The molecule has 116 heavy (non-hydrogen) atoms. The standard InChI is InChI=1S/C55H73N22O34P5/c1-55(2,3)38(20-9-7-8-10-21(20)77(84)85)99-19-98-35-31(79)23(105-48(35)76-18-72(4)29-43(76)68-54(60)71-46(29)83)12-102-114(90,91)110-116(94,95)111-115(92,93)103-14-25-34(36(96-5)49(107-25)74-15-61-26-39(56)64-51(57)65-40(26)74)109-113(88,89)101-13-24-33(37(97-6)50(106-24)75-17-63-28-42(75)67-53(59)70-45(28)82)108-112(86,87)100-11-22-30(78)32(80)47(104-22)73-16-62-27-41(73)66-52(58)69-44(27)81/h7-10,15-18,22-25,30-38,47-50,78-80H,11-14,19H2,1-6H3,(H17-,56,57,58,59,60,64,65,66,67,68,69,70,71,81,82,83,86,87,88,89,90,91,92,93,94,95)/p+1/t22-,23-,24-,25-,30?,31+,32+,33?,34?,35?,36+,37+,38?,47-,48-,49-,50-/m1/s1. The van der Waals surface area contributed by atoms with Gasteiger partial charge in [0.2, 0.25) is 29.6 Å². The van der Waals surface area contributed by atoms with Crippen molar-refractivity contribution in [3.63, 3.8) is 0 Å². The molecule has 0 amide bonds. The van der Waals surface area contributed by atoms with Crippen molar-refractivity contribution in [3.8, 4) is 0 Å². The maximum atomic E-state index is 14.6. The summed E-state index contributed by atoms with van der Waals surface area (Å²) in [6.07, 6.45) is -25.5. The number of aromatic amines is 3. The lowest BCUT2D eigenvalue weighted by Gasteiger charge is -2.31. The van der Waals surface area contributed by atoms with Crippen LogP contribution in [0.5, 0.6) is 0 Å². The van der Waals surface area contributed by atoms with Gasteiger partial charge in [0.1, 0.15) is 85.6 Å². The number of anilines is 5. The van der Waals surface area contributed by atoms with Gasteiger partial charge in [0.05, 0.1) is 69.0 Å². The number of fused-ring (bicyclic) bond motifs is 4. The molecule has 4 aliphatic rings. The molecule has 0 radical (unpaired) electrons. The number of H-pyrrole nitrogens is 3. The molecule has 0 spiro atoms. The molecule has 61 heteroatoms. The van der Waals surface area contributed by atoms with E-state index in [0.29, 0.717) is 0 Å². The first-order valence-electron chi connectivity index (χ1n) is 33.6. The molecule has 4 aliphatic heterocycles. The monoisotopic (exact) mass is 1740 g/mol. The molecular formula is C55H74N22O34P5+. The smallest absolute Gasteiger partial charge is 0.387 e. The minimum Gasteiger partial charge on any atom is -0.387 e. The number of nitro groups is 1. The Morgan fingerprint density at radius 3 is 1.55 bits per heavy atom. The summed E-state index contributed by atoms with van der Waals surface area (Å²) in [6, 6.07) is 5.72. The van der Waals surface area contributed by atoms with Crippen molar-refractivity contribution in [3.05, 3.63) is 96.3 Å². The zero-order valence-corrected chi connectivity index (χ0v) is 65.0. The van der Waals surface area contributed by atoms with Gasteiger partial charge in [-0.15, -0.1) is 0 Å². The quantitative estimate of drug-likeness (QED) is 0.00693. The molecule has 1 aromatic carbocycles. The van der Waals surface area contributed by atoms with E-state index >= 15 is 0 Å². The lowest BCUT2D eigenvalue weighted by molar-refractivity contribution is -0.746. The Hall–Kier alpha value is -8.59. The summed E-state index contributed by atoms with van der Waals surface area (Å²) in [5, 5.41) is 46.1. The van der Waals surface area contributed by atoms with Gasteiger partial charge in [0.15, 0.2) is 58.8 Å². The van der Waals surface area contributed by atoms with Crippen LogP contribution in [0.25, 0.3) is 44.7 Å². The highest BCUT2D eigenvalue weighted by Crippen LogP contribution is 2.68. The van der Waals surface area contributed by atoms with Gasteiger partial charge in [-0.25, -0.2) is 42.3 Å². The fourth-order valence-corrected chi connectivity index (χ4v) is 18.8. The van der Waals surface area contributed by atoms with Crippen LogP contribution in [0.1, 0.15) is 57.4 Å². The third-order valence-corrected chi connectivity index (χ3v) is 24.5. The Labute approximate surface area is 645 Å². The van der Waals surface area contributed by atoms with Gasteiger partial charge in [-0.2, -0.15) is 28.6 Å². The van der Waals surface area contributed by atoms with Crippen molar-refractivity contribution < 1.29 is 146 Å². The number of nitro benzene ring substituents is 1. The number of hydrogen-bond acceptors (Lipinski definition) is 42. The Morgan fingerprint density at radius 2 is 1.03 bits per heavy atom. The van der Waals surface area contributed by atoms with E-state index in [1.165, 1.54) is 40.7 Å². The minimum atomic E-state index is -6.44. The van der Waals surface area contributed by atoms with Crippen LogP contribution in [-0.4, -0.2) is 238 Å². The highest BCUT2D eigenvalue weighted by Gasteiger charge is 2.57. The molecule has 12 heterocycles. The summed E-state index contributed by atoms with van der Waals surface area (Å²) < 4.78 is 164. The van der Waals surface area contributed by atoms with Crippen LogP contribution < -0.4 is 49.9 Å². The van der Waals surface area contributed by atoms with Gasteiger partial charge in [0.25, 0.3) is 28.3 Å². The summed E-state index contributed by atoms with van der Waals surface area (Å²) in [5.41, 5.74) is 24.5. The number of aliphatic hydroxyl groups is 3. The minimum absolute atomic E-state index is 0.0860. The fraction of sp³-hybridized carbons (Fsp3) is 0.527. The van der Waals surface area contributed by atoms with Crippen LogP contribution in [0.3, 0.4) is 0 Å². The molecule has 21 N–H and O–H groups in total. The molecule has 0 saturated carbocycles. The highest BCUT2D eigenvalue weighted by molar-refractivity contribution is 7.66. The first-order valence-corrected chi connectivity index (χ1v) is 41.1. The second-order valence-corrected chi connectivity index (χ2v) is 34.5. The number of phosphoric acid groups is 5. The molecule has 4 fully saturated rings. The topological polar surface area (TPSA) is 793 Å². The van der Waals surface area contributed by atoms with Crippen molar-refractivity contribution in [1.82, 2.24) is 73.1 Å². The normalized spacial score (nSPS) is 28.2. The number of nitrogens with one attached hydrogen (secondary N) is 3. The van der Waals surface area contributed by atoms with E-state index in [9.17, 15) is 87.1 Å². The third-order valence-electron chi connectivity index (χ3n) is 18.2. The van der Waals surface area contributed by atoms with Gasteiger partial charge in [-0.1, -0.05) is 37.9 Å². The molecule has 0 aliphatic carbocycles. The molecule has 632 valence electrons. The van der Waals surface area contributed by atoms with Crippen molar-refractivity contribution in [1.29, 1.82) is 0 Å². The van der Waals surface area contributed by atoms with Crippen LogP contribution in [0, 0.1) is 15.5 Å². The Bertz CT molecular complexity index is 5670. The van der Waals surface area contributed by atoms with Crippen molar-refractivity contribution in [2.24, 2.45) is 12.5 Å². The largest absolute Gasteiger partial charge is 0.490 e. The van der Waals surface area contributed by atoms with E-state index < -0.39 is 216 Å². The second-order valence-electron chi connectivity index (χ2n) is 27.0. The van der Waals surface area contributed by atoms with Crippen LogP contribution in [-0.2, 0) is 104 Å². The predicted molar refractivity (Wildman–Crippen MR) is 381 cm³/mol. The molecule has 9 aromatic rings. The summed E-state index contributed by atoms with van der Waals surface area (Å²) in [7, 11) is -26.7. The van der Waals surface area contributed by atoms with E-state index in [2.05, 4.69) is 63.4 Å². The molecular weight excluding hydrogens is 1670 g/mol. The third kappa shape index (κ3) is 17.6. The van der Waals surface area contributed by atoms with Crippen LogP contribution in [0.15, 0.2) is 64.0 Å². The number of ether oxygens (including phenoxy) is 8. The van der Waals surface area contributed by atoms with E-state index in [1.54, 1.807) is 26.8 Å². The average molecular weight is 1740 g/mol. The number of nitrogens with zero attached hydrogens (tertiary/aromatic N) is 14. The second kappa shape index (κ2) is 32.6. The summed E-state index contributed by atoms with van der Waals surface area (Å²) >= 11 is 0. The van der Waals surface area contributed by atoms with E-state index in [0.717, 1.165) is 46.9 Å². The number of aryl methyl sites for hydroxylation is 1. The van der Waals surface area contributed by atoms with Gasteiger partial charge in [0, 0.05) is 20.3 Å². The number of hydrogen-bond donors (Lipinski definition) is 16. The first kappa shape index (κ1) is 85.3. The zero-order valence-electron chi connectivity index (χ0n) is 60.5. The predicted octanol–water partition coefficient (Wildman–Crippen LogP) is -2.30. The van der Waals surface area contributed by atoms with Crippen LogP contribution >= 0.6 is 39.1 Å². The summed E-state index contributed by atoms with van der Waals surface area (Å²) in [5.74, 6) is -1.85. The summed E-state index contributed by atoms with van der Waals surface area (Å²) in [4.78, 5) is 145. The maximum absolute atomic E-state index is 14.6. The van der Waals surface area contributed by atoms with E-state index in [-0.39, 0.29) is 73.6 Å². The number of benzene rings is 1. The van der Waals surface area contributed by atoms with Crippen LogP contribution in [0.4, 0.5) is 35.3 Å². The molecule has 22 atom stereocenters. The van der Waals surface area contributed by atoms with E-state index in [1.807, 2.05) is 0 Å². The lowest BCUT2D eigenvalue weighted by atomic mass is 9.84. The number of methoxy groups -OCH3 is 2. The van der Waals surface area contributed by atoms with Gasteiger partial charge in [-0.3, -0.25) is 84.9 Å². The SMILES string of the molecule is CO[C@H]1C(OP(=O)(O)OC[C@H]2O[C@@H](n3cnc4c(=O)[nH]c(N)nc43)[C@@H](OC)C2OP(=O)(O)OC[C@H]2O[C@@H](n3cnc4c(=O)[nH]c(N)nc43)[C@@H](O)C2O)[C@@H](COP(=O)(O)OP(=O)(O)OP(=O)(O)OC[C@H]2O[C@@H]([n+]3cn(C)c4c(=O)[nH]c(N)nc43)C(OCOC(c3ccccc3[N+](=O)[O-])C(C)(C)C)[C@H]2O)O[C@H]1n1cnc2c(N)nc(N)nc21. The van der Waals surface area contributed by atoms with Crippen molar-refractivity contribution in [2.75, 3.05) is 76.1 Å². The number of para-hydroxylation sites is 1. The van der Waals surface area contributed by atoms with Gasteiger partial charge >= 0.3 is 44.8 Å². The average Bonchev–Trinajstić information content (AvgIpc) is 1.61. The van der Waals surface area contributed by atoms with Crippen molar-refractivity contribution >= 4 is 119 Å². The summed E-state index contributed by atoms with van der Waals surface area (Å²) in [6.45, 7) is -0.586. The number of aromatic nitrogens is 16. The molecule has 8 aromatic heterocycles. The van der Waals surface area contributed by atoms with Gasteiger partial charge in [-0.05, 0) is 11.5 Å². The maximum Gasteiger partial charge on any atom is 0.490 e. The molecule has 4 saturated heterocycles. The number of imidazole rings is 4. The van der Waals surface area contributed by atoms with Crippen LogP contribution in [0.2, 0.25) is 0 Å². The number of aliphatic hydroxyl groups excluding tert-OH is 3. The fourth-order valence-electron chi connectivity index (χ4n) is 13.3. The molecule has 10 unspecified atom stereocenters.